The second-order valence-corrected chi connectivity index (χ2v) is 7.47. The summed E-state index contributed by atoms with van der Waals surface area (Å²) in [7, 11) is 1.74. The van der Waals surface area contributed by atoms with E-state index in [-0.39, 0.29) is 11.5 Å². The number of hydrogen-bond donors (Lipinski definition) is 0. The summed E-state index contributed by atoms with van der Waals surface area (Å²) in [6.07, 6.45) is 2.24. The topological polar surface area (TPSA) is 58.6 Å². The molecule has 0 saturated carbocycles. The molecule has 0 unspecified atom stereocenters. The van der Waals surface area contributed by atoms with E-state index < -0.39 is 5.82 Å². The van der Waals surface area contributed by atoms with Crippen LogP contribution in [0, 0.1) is 5.82 Å². The number of carbonyl (C=O) groups is 1. The lowest BCUT2D eigenvalue weighted by molar-refractivity contribution is 0.0796. The van der Waals surface area contributed by atoms with Crippen molar-refractivity contribution in [1.29, 1.82) is 0 Å². The Balaban J connectivity index is 1.63. The normalized spacial score (nSPS) is 13.8. The number of likely N-dealkylation sites (N-methyl/N-ethyl adjacent to an activating group) is 1. The Labute approximate surface area is 181 Å². The van der Waals surface area contributed by atoms with Crippen LogP contribution in [0.1, 0.15) is 15.9 Å². The molecule has 0 radical (unpaired) electrons. The van der Waals surface area contributed by atoms with Crippen LogP contribution in [-0.4, -0.2) is 60.7 Å². The minimum Gasteiger partial charge on any atom is -0.378 e. The van der Waals surface area contributed by atoms with E-state index in [2.05, 4.69) is 9.97 Å². The molecular weight excluding hydrogens is 395 g/mol. The fraction of sp³-hybridized carbons (Fsp3) is 0.292. The minimum atomic E-state index is -0.421. The molecule has 31 heavy (non-hydrogen) atoms. The molecule has 0 aliphatic carbocycles. The van der Waals surface area contributed by atoms with Gasteiger partial charge in [0.2, 0.25) is 5.95 Å². The number of benzene rings is 2. The van der Waals surface area contributed by atoms with E-state index >= 15 is 0 Å². The molecule has 1 fully saturated rings. The summed E-state index contributed by atoms with van der Waals surface area (Å²) in [5, 5.41) is 0. The van der Waals surface area contributed by atoms with E-state index in [1.165, 1.54) is 12.3 Å². The number of ether oxygens (including phenoxy) is 1. The molecular formula is C24H25FN4O2. The van der Waals surface area contributed by atoms with Gasteiger partial charge in [-0.15, -0.1) is 0 Å². The van der Waals surface area contributed by atoms with E-state index in [1.54, 1.807) is 30.1 Å². The average molecular weight is 420 g/mol. The Morgan fingerprint density at radius 2 is 1.81 bits per heavy atom. The molecule has 160 valence electrons. The van der Waals surface area contributed by atoms with Crippen LogP contribution in [0.4, 0.5) is 10.3 Å². The van der Waals surface area contributed by atoms with Gasteiger partial charge in [0.15, 0.2) is 0 Å². The molecule has 1 saturated heterocycles. The van der Waals surface area contributed by atoms with Crippen LogP contribution in [0.25, 0.3) is 11.3 Å². The van der Waals surface area contributed by atoms with Gasteiger partial charge in [-0.3, -0.25) is 4.79 Å². The monoisotopic (exact) mass is 420 g/mol. The number of anilines is 1. The molecule has 3 aromatic rings. The molecule has 0 spiro atoms. The van der Waals surface area contributed by atoms with Crippen LogP contribution in [-0.2, 0) is 11.2 Å². The first-order valence-electron chi connectivity index (χ1n) is 10.4. The highest BCUT2D eigenvalue weighted by molar-refractivity contribution is 5.99. The van der Waals surface area contributed by atoms with Crippen molar-refractivity contribution in [3.8, 4) is 11.3 Å². The summed E-state index contributed by atoms with van der Waals surface area (Å²) in [6.45, 7) is 3.01. The first-order chi connectivity index (χ1) is 15.1. The predicted molar refractivity (Wildman–Crippen MR) is 118 cm³/mol. The van der Waals surface area contributed by atoms with Gasteiger partial charge in [0.1, 0.15) is 5.82 Å². The highest BCUT2D eigenvalue weighted by Crippen LogP contribution is 2.27. The number of rotatable bonds is 6. The number of aromatic nitrogens is 2. The first-order valence-corrected chi connectivity index (χ1v) is 10.4. The van der Waals surface area contributed by atoms with E-state index in [0.717, 1.165) is 12.0 Å². The van der Waals surface area contributed by atoms with Crippen LogP contribution in [0.15, 0.2) is 60.8 Å². The van der Waals surface area contributed by atoms with Gasteiger partial charge in [-0.25, -0.2) is 14.4 Å². The molecule has 0 N–H and O–H groups in total. The predicted octanol–water partition coefficient (Wildman–Crippen LogP) is 3.43. The second-order valence-electron chi connectivity index (χ2n) is 7.47. The maximum Gasteiger partial charge on any atom is 0.257 e. The summed E-state index contributed by atoms with van der Waals surface area (Å²) in [6, 6.07) is 16.4. The van der Waals surface area contributed by atoms with Gasteiger partial charge < -0.3 is 14.5 Å². The van der Waals surface area contributed by atoms with Gasteiger partial charge >= 0.3 is 0 Å². The van der Waals surface area contributed by atoms with E-state index in [9.17, 15) is 9.18 Å². The summed E-state index contributed by atoms with van der Waals surface area (Å²) < 4.78 is 20.0. The zero-order valence-corrected chi connectivity index (χ0v) is 17.5. The maximum absolute atomic E-state index is 14.6. The van der Waals surface area contributed by atoms with Crippen molar-refractivity contribution >= 4 is 11.9 Å². The quantitative estimate of drug-likeness (QED) is 0.612. The Kier molecular flexibility index (Phi) is 6.52. The van der Waals surface area contributed by atoms with Gasteiger partial charge in [-0.2, -0.15) is 0 Å². The molecule has 1 aliphatic rings. The summed E-state index contributed by atoms with van der Waals surface area (Å²) in [5.41, 5.74) is 2.04. The third-order valence-corrected chi connectivity index (χ3v) is 5.35. The Morgan fingerprint density at radius 3 is 2.55 bits per heavy atom. The summed E-state index contributed by atoms with van der Waals surface area (Å²) in [4.78, 5) is 25.9. The molecule has 0 bridgehead atoms. The Morgan fingerprint density at radius 1 is 1.10 bits per heavy atom. The summed E-state index contributed by atoms with van der Waals surface area (Å²) in [5.74, 6) is -0.178. The highest BCUT2D eigenvalue weighted by Gasteiger charge is 2.23. The molecule has 1 aromatic heterocycles. The highest BCUT2D eigenvalue weighted by atomic mass is 19.1. The lowest BCUT2D eigenvalue weighted by Crippen LogP contribution is -2.37. The van der Waals surface area contributed by atoms with Crippen LogP contribution in [0.2, 0.25) is 0 Å². The molecule has 6 nitrogen and oxygen atoms in total. The molecule has 1 aliphatic heterocycles. The van der Waals surface area contributed by atoms with Crippen LogP contribution in [0.5, 0.6) is 0 Å². The lowest BCUT2D eigenvalue weighted by atomic mass is 10.1. The molecule has 1 amide bonds. The maximum atomic E-state index is 14.6. The van der Waals surface area contributed by atoms with Crippen molar-refractivity contribution < 1.29 is 13.9 Å². The van der Waals surface area contributed by atoms with Crippen molar-refractivity contribution in [2.75, 3.05) is 44.8 Å². The van der Waals surface area contributed by atoms with Crippen LogP contribution >= 0.6 is 0 Å². The second kappa shape index (κ2) is 9.66. The molecule has 0 atom stereocenters. The van der Waals surface area contributed by atoms with Gasteiger partial charge in [0.25, 0.3) is 5.91 Å². The number of nitrogens with zero attached hydrogens (tertiary/aromatic N) is 4. The molecule has 7 heteroatoms. The van der Waals surface area contributed by atoms with Gasteiger partial charge in [0.05, 0.1) is 24.5 Å². The van der Waals surface area contributed by atoms with Crippen LogP contribution < -0.4 is 4.90 Å². The fourth-order valence-electron chi connectivity index (χ4n) is 3.55. The Bertz CT molecular complexity index is 1040. The number of morpholine rings is 1. The zero-order valence-electron chi connectivity index (χ0n) is 17.5. The Hall–Kier alpha value is -3.32. The number of hydrogen-bond acceptors (Lipinski definition) is 5. The molecule has 2 aromatic carbocycles. The smallest absolute Gasteiger partial charge is 0.257 e. The summed E-state index contributed by atoms with van der Waals surface area (Å²) >= 11 is 0. The molecule has 2 heterocycles. The SMILES string of the molecule is CN(CCc1ccccc1)C(=O)c1cnc(N2CCOCC2)nc1-c1ccccc1F. The van der Waals surface area contributed by atoms with Crippen molar-refractivity contribution in [2.24, 2.45) is 0 Å². The third-order valence-electron chi connectivity index (χ3n) is 5.35. The minimum absolute atomic E-state index is 0.234. The third kappa shape index (κ3) is 4.88. The van der Waals surface area contributed by atoms with E-state index in [0.29, 0.717) is 50.1 Å². The zero-order chi connectivity index (χ0) is 21.6. The lowest BCUT2D eigenvalue weighted by Gasteiger charge is -2.27. The fourth-order valence-corrected chi connectivity index (χ4v) is 3.55. The van der Waals surface area contributed by atoms with Crippen molar-refractivity contribution in [3.63, 3.8) is 0 Å². The first kappa shape index (κ1) is 20.9. The standard InChI is InChI=1S/C24H25FN4O2/c1-28(12-11-18-7-3-2-4-8-18)23(30)20-17-26-24(29-13-15-31-16-14-29)27-22(20)19-9-5-6-10-21(19)25/h2-10,17H,11-16H2,1H3. The van der Waals surface area contributed by atoms with E-state index in [4.69, 9.17) is 4.74 Å². The van der Waals surface area contributed by atoms with Gasteiger partial charge in [-0.05, 0) is 24.1 Å². The van der Waals surface area contributed by atoms with Gasteiger partial charge in [0, 0.05) is 38.4 Å². The van der Waals surface area contributed by atoms with E-state index in [1.807, 2.05) is 35.2 Å². The van der Waals surface area contributed by atoms with Crippen molar-refractivity contribution in [1.82, 2.24) is 14.9 Å². The van der Waals surface area contributed by atoms with Crippen molar-refractivity contribution in [3.05, 3.63) is 77.7 Å². The molecule has 4 rings (SSSR count). The largest absolute Gasteiger partial charge is 0.378 e. The number of halogens is 1. The number of carbonyl (C=O) groups excluding carboxylic acids is 1. The number of amides is 1. The van der Waals surface area contributed by atoms with Crippen LogP contribution in [0.3, 0.4) is 0 Å². The van der Waals surface area contributed by atoms with Crippen molar-refractivity contribution in [2.45, 2.75) is 6.42 Å². The average Bonchev–Trinajstić information content (AvgIpc) is 2.83. The van der Waals surface area contributed by atoms with Gasteiger partial charge in [-0.1, -0.05) is 42.5 Å².